The number of nitrogen functional groups attached to an aromatic ring is 1. The molecular formula is C11H13N5O2. The Morgan fingerprint density at radius 3 is 3.11 bits per heavy atom. The number of nitrogens with two attached hydrogens (primary N) is 1. The highest BCUT2D eigenvalue weighted by molar-refractivity contribution is 5.70. The Bertz CT molecular complexity index is 672. The summed E-state index contributed by atoms with van der Waals surface area (Å²) in [6.07, 6.45) is 6.31. The highest BCUT2D eigenvalue weighted by Gasteiger charge is 2.22. The second-order valence-electron chi connectivity index (χ2n) is 4.41. The van der Waals surface area contributed by atoms with Crippen LogP contribution in [0.2, 0.25) is 0 Å². The summed E-state index contributed by atoms with van der Waals surface area (Å²) in [4.78, 5) is 22.2. The van der Waals surface area contributed by atoms with Crippen molar-refractivity contribution in [1.82, 2.24) is 19.5 Å². The zero-order chi connectivity index (χ0) is 12.7. The van der Waals surface area contributed by atoms with E-state index in [1.54, 1.807) is 6.33 Å². The third-order valence-electron chi connectivity index (χ3n) is 3.19. The molecule has 2 heterocycles. The minimum atomic E-state index is -0.336. The second kappa shape index (κ2) is 3.95. The van der Waals surface area contributed by atoms with Crippen molar-refractivity contribution in [3.63, 3.8) is 0 Å². The SMILES string of the molecule is Nc1nc2c(ncn2[C@H]2C=C[C@@H](CO)C2)c(=O)[nH]1. The first-order chi connectivity index (χ1) is 8.69. The zero-order valence-electron chi connectivity index (χ0n) is 9.58. The number of allylic oxidation sites excluding steroid dienone is 1. The largest absolute Gasteiger partial charge is 0.396 e. The van der Waals surface area contributed by atoms with Crippen molar-refractivity contribution in [3.05, 3.63) is 28.8 Å². The van der Waals surface area contributed by atoms with Gasteiger partial charge >= 0.3 is 0 Å². The van der Waals surface area contributed by atoms with Crippen molar-refractivity contribution in [2.24, 2.45) is 5.92 Å². The number of aromatic nitrogens is 4. The molecule has 0 fully saturated rings. The van der Waals surface area contributed by atoms with Crippen LogP contribution in [0.15, 0.2) is 23.3 Å². The Hall–Kier alpha value is -2.15. The van der Waals surface area contributed by atoms with Crippen LogP contribution < -0.4 is 11.3 Å². The van der Waals surface area contributed by atoms with Crippen LogP contribution in [0.1, 0.15) is 12.5 Å². The Balaban J connectivity index is 2.09. The normalized spacial score (nSPS) is 22.9. The fourth-order valence-corrected chi connectivity index (χ4v) is 2.28. The summed E-state index contributed by atoms with van der Waals surface area (Å²) in [7, 11) is 0. The lowest BCUT2D eigenvalue weighted by Gasteiger charge is -2.12. The van der Waals surface area contributed by atoms with Crippen LogP contribution in [0, 0.1) is 5.92 Å². The van der Waals surface area contributed by atoms with Gasteiger partial charge in [0, 0.05) is 12.5 Å². The molecule has 94 valence electrons. The predicted octanol–water partition coefficient (Wildman–Crippen LogP) is -0.189. The van der Waals surface area contributed by atoms with E-state index in [-0.39, 0.29) is 35.6 Å². The zero-order valence-corrected chi connectivity index (χ0v) is 9.58. The number of aliphatic hydroxyl groups is 1. The summed E-state index contributed by atoms with van der Waals surface area (Å²) in [6, 6.07) is 0.0563. The number of fused-ring (bicyclic) bond motifs is 1. The van der Waals surface area contributed by atoms with E-state index in [2.05, 4.69) is 15.0 Å². The van der Waals surface area contributed by atoms with E-state index in [4.69, 9.17) is 10.8 Å². The van der Waals surface area contributed by atoms with Gasteiger partial charge in [-0.3, -0.25) is 9.78 Å². The molecule has 18 heavy (non-hydrogen) atoms. The molecular weight excluding hydrogens is 234 g/mol. The number of H-pyrrole nitrogens is 1. The molecule has 0 saturated carbocycles. The molecule has 0 spiro atoms. The molecule has 0 bridgehead atoms. The monoisotopic (exact) mass is 247 g/mol. The molecule has 0 amide bonds. The summed E-state index contributed by atoms with van der Waals surface area (Å²) in [5, 5.41) is 9.12. The van der Waals surface area contributed by atoms with Gasteiger partial charge in [-0.05, 0) is 6.42 Å². The fourth-order valence-electron chi connectivity index (χ4n) is 2.28. The van der Waals surface area contributed by atoms with E-state index in [9.17, 15) is 4.79 Å². The summed E-state index contributed by atoms with van der Waals surface area (Å²) >= 11 is 0. The van der Waals surface area contributed by atoms with E-state index in [0.717, 1.165) is 6.42 Å². The smallest absolute Gasteiger partial charge is 0.280 e. The van der Waals surface area contributed by atoms with Gasteiger partial charge in [0.2, 0.25) is 5.95 Å². The average Bonchev–Trinajstić information content (AvgIpc) is 2.93. The molecule has 7 nitrogen and oxygen atoms in total. The lowest BCUT2D eigenvalue weighted by Crippen LogP contribution is -2.13. The van der Waals surface area contributed by atoms with Crippen LogP contribution in [-0.4, -0.2) is 31.2 Å². The number of aromatic amines is 1. The molecule has 0 unspecified atom stereocenters. The number of nitrogens with zero attached hydrogens (tertiary/aromatic N) is 3. The maximum absolute atomic E-state index is 11.6. The van der Waals surface area contributed by atoms with Crippen LogP contribution >= 0.6 is 0 Å². The third-order valence-corrected chi connectivity index (χ3v) is 3.19. The average molecular weight is 247 g/mol. The van der Waals surface area contributed by atoms with Gasteiger partial charge in [0.05, 0.1) is 12.4 Å². The number of imidazole rings is 1. The molecule has 2 atom stereocenters. The Labute approximate surface area is 102 Å². The number of nitrogens with one attached hydrogen (secondary N) is 1. The number of hydrogen-bond acceptors (Lipinski definition) is 5. The van der Waals surface area contributed by atoms with Crippen LogP contribution in [0.25, 0.3) is 11.2 Å². The topological polar surface area (TPSA) is 110 Å². The van der Waals surface area contributed by atoms with Crippen molar-refractivity contribution >= 4 is 17.1 Å². The van der Waals surface area contributed by atoms with Gasteiger partial charge in [0.25, 0.3) is 5.56 Å². The molecule has 4 N–H and O–H groups in total. The quantitative estimate of drug-likeness (QED) is 0.637. The molecule has 2 aromatic heterocycles. The predicted molar refractivity (Wildman–Crippen MR) is 65.9 cm³/mol. The Morgan fingerprint density at radius 1 is 1.56 bits per heavy atom. The highest BCUT2D eigenvalue weighted by atomic mass is 16.3. The first-order valence-electron chi connectivity index (χ1n) is 5.70. The van der Waals surface area contributed by atoms with Crippen LogP contribution in [-0.2, 0) is 0 Å². The van der Waals surface area contributed by atoms with E-state index in [1.807, 2.05) is 16.7 Å². The number of aliphatic hydroxyl groups excluding tert-OH is 1. The second-order valence-corrected chi connectivity index (χ2v) is 4.41. The molecule has 0 aromatic carbocycles. The fraction of sp³-hybridized carbons (Fsp3) is 0.364. The number of anilines is 1. The van der Waals surface area contributed by atoms with Gasteiger partial charge in [-0.25, -0.2) is 4.98 Å². The van der Waals surface area contributed by atoms with Crippen LogP contribution in [0.5, 0.6) is 0 Å². The lowest BCUT2D eigenvalue weighted by atomic mass is 10.1. The Morgan fingerprint density at radius 2 is 2.39 bits per heavy atom. The molecule has 0 saturated heterocycles. The van der Waals surface area contributed by atoms with Gasteiger partial charge in [0.15, 0.2) is 11.2 Å². The highest BCUT2D eigenvalue weighted by Crippen LogP contribution is 2.29. The van der Waals surface area contributed by atoms with E-state index in [1.165, 1.54) is 0 Å². The molecule has 7 heteroatoms. The van der Waals surface area contributed by atoms with Gasteiger partial charge in [-0.15, -0.1) is 0 Å². The van der Waals surface area contributed by atoms with Gasteiger partial charge < -0.3 is 15.4 Å². The minimum absolute atomic E-state index is 0.0563. The van der Waals surface area contributed by atoms with Crippen molar-refractivity contribution in [3.8, 4) is 0 Å². The lowest BCUT2D eigenvalue weighted by molar-refractivity contribution is 0.244. The maximum atomic E-state index is 11.6. The minimum Gasteiger partial charge on any atom is -0.396 e. The summed E-state index contributed by atoms with van der Waals surface area (Å²) in [5.74, 6) is 0.224. The molecule has 1 aliphatic carbocycles. The number of hydrogen-bond donors (Lipinski definition) is 3. The van der Waals surface area contributed by atoms with Crippen LogP contribution in [0.3, 0.4) is 0 Å². The first-order valence-corrected chi connectivity index (χ1v) is 5.70. The number of rotatable bonds is 2. The summed E-state index contributed by atoms with van der Waals surface area (Å²) in [6.45, 7) is 0.121. The van der Waals surface area contributed by atoms with Crippen molar-refractivity contribution in [1.29, 1.82) is 0 Å². The van der Waals surface area contributed by atoms with Gasteiger partial charge in [-0.1, -0.05) is 12.2 Å². The standard InChI is InChI=1S/C11H13N5O2/c12-11-14-9-8(10(18)15-11)13-5-16(9)7-2-1-6(3-7)4-17/h1-2,5-7,17H,3-4H2,(H3,12,14,15,18)/t6-,7+/m1/s1. The summed E-state index contributed by atoms with van der Waals surface area (Å²) < 4.78 is 1.81. The molecule has 0 aliphatic heterocycles. The molecule has 2 aromatic rings. The molecule has 1 aliphatic rings. The van der Waals surface area contributed by atoms with Crippen molar-refractivity contribution < 1.29 is 5.11 Å². The first kappa shape index (κ1) is 11.0. The Kier molecular flexibility index (Phi) is 2.41. The van der Waals surface area contributed by atoms with E-state index >= 15 is 0 Å². The summed E-state index contributed by atoms with van der Waals surface area (Å²) in [5.41, 5.74) is 5.96. The van der Waals surface area contributed by atoms with E-state index < -0.39 is 0 Å². The van der Waals surface area contributed by atoms with Gasteiger partial charge in [-0.2, -0.15) is 4.98 Å². The third kappa shape index (κ3) is 1.60. The molecule has 3 rings (SSSR count). The van der Waals surface area contributed by atoms with Crippen molar-refractivity contribution in [2.75, 3.05) is 12.3 Å². The van der Waals surface area contributed by atoms with E-state index in [0.29, 0.717) is 5.65 Å². The maximum Gasteiger partial charge on any atom is 0.280 e. The van der Waals surface area contributed by atoms with Crippen molar-refractivity contribution in [2.45, 2.75) is 12.5 Å². The van der Waals surface area contributed by atoms with Crippen LogP contribution in [0.4, 0.5) is 5.95 Å². The molecule has 0 radical (unpaired) electrons. The van der Waals surface area contributed by atoms with Gasteiger partial charge in [0.1, 0.15) is 0 Å².